The second-order valence-corrected chi connectivity index (χ2v) is 9.39. The largest absolute Gasteiger partial charge is 0.363 e. The maximum Gasteiger partial charge on any atom is 0.173 e. The molecule has 1 unspecified atom stereocenters. The Morgan fingerprint density at radius 1 is 1.08 bits per heavy atom. The molecule has 1 heterocycles. The van der Waals surface area contributed by atoms with Crippen LogP contribution in [0.15, 0.2) is 0 Å². The normalized spacial score (nSPS) is 22.2. The Hall–Kier alpha value is 0.571. The second kappa shape index (κ2) is 6.13. The van der Waals surface area contributed by atoms with E-state index in [1.807, 2.05) is 0 Å². The van der Waals surface area contributed by atoms with Gasteiger partial charge in [-0.2, -0.15) is 0 Å². The van der Waals surface area contributed by atoms with Gasteiger partial charge in [-0.15, -0.1) is 0 Å². The van der Waals surface area contributed by atoms with E-state index >= 15 is 0 Å². The lowest BCUT2D eigenvalue weighted by Gasteiger charge is -2.37. The number of nitrogens with zero attached hydrogens (tertiary/aromatic N) is 2. The summed E-state index contributed by atoms with van der Waals surface area (Å²) in [7, 11) is 1.33. The SMILES string of the molecule is C[Si]N([Si]C)[SiH](C)N1CCCCC1. The van der Waals surface area contributed by atoms with Gasteiger partial charge >= 0.3 is 0 Å². The first-order chi connectivity index (χ1) is 6.29. The molecule has 0 amide bonds. The summed E-state index contributed by atoms with van der Waals surface area (Å²) in [5, 5.41) is 0. The highest BCUT2D eigenvalue weighted by atomic mass is 28.4. The zero-order chi connectivity index (χ0) is 9.68. The predicted octanol–water partition coefficient (Wildman–Crippen LogP) is 0.959. The van der Waals surface area contributed by atoms with Crippen LogP contribution >= 0.6 is 0 Å². The number of piperidine rings is 1. The summed E-state index contributed by atoms with van der Waals surface area (Å²) in [6, 6.07) is 0. The zero-order valence-corrected chi connectivity index (χ0v) is 12.2. The highest BCUT2D eigenvalue weighted by molar-refractivity contribution is 6.72. The summed E-state index contributed by atoms with van der Waals surface area (Å²) in [5.41, 5.74) is 0. The first-order valence-electron chi connectivity index (χ1n) is 5.17. The van der Waals surface area contributed by atoms with E-state index in [9.17, 15) is 0 Å². The van der Waals surface area contributed by atoms with Gasteiger partial charge in [0.1, 0.15) is 19.4 Å². The van der Waals surface area contributed by atoms with Crippen molar-refractivity contribution in [3.05, 3.63) is 0 Å². The molecule has 0 N–H and O–H groups in total. The van der Waals surface area contributed by atoms with Crippen LogP contribution in [0.3, 0.4) is 0 Å². The van der Waals surface area contributed by atoms with Crippen molar-refractivity contribution in [1.29, 1.82) is 0 Å². The average molecular weight is 229 g/mol. The molecule has 0 aromatic heterocycles. The fourth-order valence-electron chi connectivity index (χ4n) is 1.94. The zero-order valence-electron chi connectivity index (χ0n) is 9.01. The van der Waals surface area contributed by atoms with Crippen molar-refractivity contribution in [2.24, 2.45) is 0 Å². The van der Waals surface area contributed by atoms with Gasteiger partial charge < -0.3 is 8.46 Å². The molecule has 1 aliphatic rings. The van der Waals surface area contributed by atoms with Crippen molar-refractivity contribution >= 4 is 28.5 Å². The molecule has 13 heavy (non-hydrogen) atoms. The molecule has 5 heteroatoms. The Morgan fingerprint density at radius 2 is 1.62 bits per heavy atom. The lowest BCUT2D eigenvalue weighted by molar-refractivity contribution is 0.344. The van der Waals surface area contributed by atoms with E-state index in [-0.39, 0.29) is 0 Å². The molecule has 0 spiro atoms. The van der Waals surface area contributed by atoms with Gasteiger partial charge in [0.2, 0.25) is 0 Å². The summed E-state index contributed by atoms with van der Waals surface area (Å²) in [4.78, 5) is 0. The fraction of sp³-hybridized carbons (Fsp3) is 1.00. The standard InChI is InChI=1S/C8H20N2Si3/c1-11-10(12-2)13(3)9-7-5-4-6-8-9/h13H,4-8H2,1-3H3. The van der Waals surface area contributed by atoms with Crippen molar-refractivity contribution in [3.8, 4) is 0 Å². The van der Waals surface area contributed by atoms with E-state index in [2.05, 4.69) is 28.1 Å². The Labute approximate surface area is 89.3 Å². The van der Waals surface area contributed by atoms with Gasteiger partial charge in [-0.05, 0) is 32.5 Å². The van der Waals surface area contributed by atoms with Crippen LogP contribution in [0.4, 0.5) is 0 Å². The van der Waals surface area contributed by atoms with Gasteiger partial charge in [0.15, 0.2) is 9.12 Å². The van der Waals surface area contributed by atoms with E-state index in [4.69, 9.17) is 0 Å². The molecule has 0 bridgehead atoms. The second-order valence-electron chi connectivity index (χ2n) is 3.55. The molecule has 2 nitrogen and oxygen atoms in total. The number of rotatable bonds is 4. The van der Waals surface area contributed by atoms with Crippen molar-refractivity contribution in [3.63, 3.8) is 0 Å². The van der Waals surface area contributed by atoms with Crippen LogP contribution < -0.4 is 0 Å². The molecule has 4 radical (unpaired) electrons. The van der Waals surface area contributed by atoms with Crippen LogP contribution in [0.5, 0.6) is 0 Å². The first kappa shape index (κ1) is 11.6. The van der Waals surface area contributed by atoms with Gasteiger partial charge in [-0.3, -0.25) is 0 Å². The number of hydrogen-bond donors (Lipinski definition) is 0. The number of hydrogen-bond acceptors (Lipinski definition) is 2. The molecule has 1 saturated heterocycles. The molecule has 74 valence electrons. The first-order valence-corrected chi connectivity index (χ1v) is 10.3. The molecule has 0 aromatic carbocycles. The van der Waals surface area contributed by atoms with Crippen molar-refractivity contribution < 1.29 is 0 Å². The third-order valence-electron chi connectivity index (χ3n) is 2.77. The lowest BCUT2D eigenvalue weighted by atomic mass is 10.2. The minimum Gasteiger partial charge on any atom is -0.363 e. The maximum atomic E-state index is 2.77. The smallest absolute Gasteiger partial charge is 0.173 e. The Morgan fingerprint density at radius 3 is 2.08 bits per heavy atom. The molecule has 1 atom stereocenters. The Kier molecular flexibility index (Phi) is 5.49. The quantitative estimate of drug-likeness (QED) is 0.662. The Balaban J connectivity index is 2.38. The minimum atomic E-state index is -0.707. The summed E-state index contributed by atoms with van der Waals surface area (Å²) in [6.07, 6.45) is 4.33. The van der Waals surface area contributed by atoms with Gasteiger partial charge in [0.05, 0.1) is 0 Å². The monoisotopic (exact) mass is 228 g/mol. The summed E-state index contributed by atoms with van der Waals surface area (Å²) in [6.45, 7) is 9.89. The van der Waals surface area contributed by atoms with Crippen molar-refractivity contribution in [2.45, 2.75) is 38.9 Å². The van der Waals surface area contributed by atoms with Gasteiger partial charge in [0, 0.05) is 0 Å². The van der Waals surface area contributed by atoms with Crippen LogP contribution in [0.2, 0.25) is 19.6 Å². The van der Waals surface area contributed by atoms with Gasteiger partial charge in [-0.1, -0.05) is 19.5 Å². The maximum absolute atomic E-state index is 2.77. The van der Waals surface area contributed by atoms with E-state index in [0.29, 0.717) is 0 Å². The summed E-state index contributed by atoms with van der Waals surface area (Å²) < 4.78 is 5.50. The van der Waals surface area contributed by atoms with Crippen molar-refractivity contribution in [1.82, 2.24) is 8.46 Å². The highest BCUT2D eigenvalue weighted by Crippen LogP contribution is 2.11. The molecule has 0 aromatic rings. The van der Waals surface area contributed by atoms with E-state index in [1.54, 1.807) is 0 Å². The Bertz CT molecular complexity index is 135. The molecule has 1 aliphatic heterocycles. The van der Waals surface area contributed by atoms with Crippen LogP contribution in [0, 0.1) is 0 Å². The molecule has 0 aliphatic carbocycles. The van der Waals surface area contributed by atoms with Crippen LogP contribution in [0.25, 0.3) is 0 Å². The highest BCUT2D eigenvalue weighted by Gasteiger charge is 2.22. The van der Waals surface area contributed by atoms with E-state index in [1.165, 1.54) is 32.4 Å². The van der Waals surface area contributed by atoms with Crippen LogP contribution in [0.1, 0.15) is 19.3 Å². The lowest BCUT2D eigenvalue weighted by Crippen LogP contribution is -2.54. The fourth-order valence-corrected chi connectivity index (χ4v) is 8.24. The third kappa shape index (κ3) is 3.32. The van der Waals surface area contributed by atoms with Crippen LogP contribution in [-0.4, -0.2) is 50.0 Å². The van der Waals surface area contributed by atoms with E-state index < -0.39 is 9.12 Å². The molecular weight excluding hydrogens is 208 g/mol. The van der Waals surface area contributed by atoms with Crippen molar-refractivity contribution in [2.75, 3.05) is 13.1 Å². The molecule has 1 fully saturated rings. The molecule has 0 saturated carbocycles. The van der Waals surface area contributed by atoms with Gasteiger partial charge in [0.25, 0.3) is 0 Å². The van der Waals surface area contributed by atoms with Gasteiger partial charge in [-0.25, -0.2) is 0 Å². The predicted molar refractivity (Wildman–Crippen MR) is 63.5 cm³/mol. The molecule has 1 rings (SSSR count). The average Bonchev–Trinajstić information content (AvgIpc) is 2.21. The minimum absolute atomic E-state index is 0.707. The molecular formula is C8H20N2Si3. The van der Waals surface area contributed by atoms with Crippen LogP contribution in [-0.2, 0) is 0 Å². The van der Waals surface area contributed by atoms with E-state index in [0.717, 1.165) is 19.4 Å². The summed E-state index contributed by atoms with van der Waals surface area (Å²) in [5.74, 6) is 0. The third-order valence-corrected chi connectivity index (χ3v) is 11.2. The summed E-state index contributed by atoms with van der Waals surface area (Å²) >= 11 is 0. The topological polar surface area (TPSA) is 6.48 Å².